The number of benzene rings is 2. The van der Waals surface area contributed by atoms with Crippen LogP contribution >= 0.6 is 0 Å². The van der Waals surface area contributed by atoms with E-state index in [1.165, 1.54) is 17.7 Å². The van der Waals surface area contributed by atoms with Crippen molar-refractivity contribution in [1.29, 1.82) is 0 Å². The van der Waals surface area contributed by atoms with Crippen LogP contribution in [0.2, 0.25) is 0 Å². The molecule has 0 radical (unpaired) electrons. The molecule has 0 amide bonds. The van der Waals surface area contributed by atoms with E-state index in [-0.39, 0.29) is 13.1 Å². The highest BCUT2D eigenvalue weighted by molar-refractivity contribution is 5.86. The second-order valence-electron chi connectivity index (χ2n) is 10.2. The lowest BCUT2D eigenvalue weighted by atomic mass is 10.1. The van der Waals surface area contributed by atoms with Gasteiger partial charge >= 0.3 is 6.18 Å². The van der Waals surface area contributed by atoms with E-state index in [0.717, 1.165) is 42.3 Å². The summed E-state index contributed by atoms with van der Waals surface area (Å²) in [5.74, 6) is 1.33. The number of aliphatic imine (C=N–C) groups is 1. The van der Waals surface area contributed by atoms with Crippen LogP contribution in [0.25, 0.3) is 5.70 Å². The van der Waals surface area contributed by atoms with E-state index < -0.39 is 19.0 Å². The Morgan fingerprint density at radius 1 is 1.02 bits per heavy atom. The van der Waals surface area contributed by atoms with Gasteiger partial charge in [0.25, 0.3) is 0 Å². The number of allylic oxidation sites excluding steroid dienone is 1. The zero-order valence-electron chi connectivity index (χ0n) is 22.5. The molecule has 3 aliphatic rings. The summed E-state index contributed by atoms with van der Waals surface area (Å²) in [6.45, 7) is 3.06. The second kappa shape index (κ2) is 13.2. The van der Waals surface area contributed by atoms with Crippen molar-refractivity contribution in [3.63, 3.8) is 0 Å². The van der Waals surface area contributed by atoms with Gasteiger partial charge in [-0.3, -0.25) is 9.80 Å². The van der Waals surface area contributed by atoms with Gasteiger partial charge in [0, 0.05) is 48.4 Å². The highest BCUT2D eigenvalue weighted by Gasteiger charge is 2.31. The Labute approximate surface area is 233 Å². The van der Waals surface area contributed by atoms with E-state index in [1.54, 1.807) is 12.3 Å². The van der Waals surface area contributed by atoms with Crippen molar-refractivity contribution in [3.05, 3.63) is 71.8 Å². The highest BCUT2D eigenvalue weighted by atomic mass is 19.4. The van der Waals surface area contributed by atoms with Gasteiger partial charge in [-0.05, 0) is 68.8 Å². The Morgan fingerprint density at radius 3 is 2.75 bits per heavy atom. The lowest BCUT2D eigenvalue weighted by Gasteiger charge is -2.26. The summed E-state index contributed by atoms with van der Waals surface area (Å²) in [6.07, 6.45) is 5.48. The molecule has 2 aromatic carbocycles. The quantitative estimate of drug-likeness (QED) is 0.490. The van der Waals surface area contributed by atoms with Gasteiger partial charge in [0.1, 0.15) is 18.1 Å². The molecule has 2 N–H and O–H groups in total. The zero-order valence-corrected chi connectivity index (χ0v) is 22.5. The Balaban J connectivity index is 1.40. The maximum absolute atomic E-state index is 13.5. The number of rotatable bonds is 5. The number of nitrogens with one attached hydrogen (secondary N) is 2. The lowest BCUT2D eigenvalue weighted by Crippen LogP contribution is -2.36. The van der Waals surface area contributed by atoms with Gasteiger partial charge in [-0.15, -0.1) is 0 Å². The smallest absolute Gasteiger partial charge is 0.401 e. The monoisotopic (exact) mass is 555 g/mol. The lowest BCUT2D eigenvalue weighted by molar-refractivity contribution is -0.145. The number of alkyl halides is 3. The largest absolute Gasteiger partial charge is 0.493 e. The van der Waals surface area contributed by atoms with Crippen LogP contribution in [0.4, 0.5) is 18.9 Å². The third-order valence-electron chi connectivity index (χ3n) is 7.02. The summed E-state index contributed by atoms with van der Waals surface area (Å²) in [5, 5.41) is 6.74. The molecule has 40 heavy (non-hydrogen) atoms. The molecule has 0 aromatic heterocycles. The first-order valence-corrected chi connectivity index (χ1v) is 13.8. The molecule has 214 valence electrons. The Morgan fingerprint density at radius 2 is 1.90 bits per heavy atom. The average Bonchev–Trinajstić information content (AvgIpc) is 3.44. The number of hydrogen-bond donors (Lipinski definition) is 2. The molecule has 2 aromatic rings. The van der Waals surface area contributed by atoms with E-state index in [4.69, 9.17) is 9.47 Å². The molecule has 10 heteroatoms. The first-order valence-electron chi connectivity index (χ1n) is 13.8. The van der Waals surface area contributed by atoms with E-state index in [9.17, 15) is 13.2 Å². The minimum absolute atomic E-state index is 0.0893. The maximum Gasteiger partial charge on any atom is 0.401 e. The minimum atomic E-state index is -4.32. The molecular formula is C30H36F3N5O2. The standard InChI is InChI=1S/C30H36F3N5O2/c31-30(32,33)22-38-15-2-1-5-17-39-26-8-6-7-23(20-26)27-11-12-34-29(36-27)35-25-9-10-28(24(19-25)21-38)40-18-16-37-13-3-4-14-37/h1-2,6-12,19-20,29,35-36H,3-5,13-18,21-22H2/b2-1+. The molecule has 1 unspecified atom stereocenters. The number of ether oxygens (including phenoxy) is 2. The van der Waals surface area contributed by atoms with Crippen LogP contribution in [0, 0.1) is 0 Å². The summed E-state index contributed by atoms with van der Waals surface area (Å²) in [5.41, 5.74) is 3.28. The van der Waals surface area contributed by atoms with E-state index >= 15 is 0 Å². The Hall–Kier alpha value is -3.50. The average molecular weight is 556 g/mol. The number of nitrogens with zero attached hydrogens (tertiary/aromatic N) is 3. The van der Waals surface area contributed by atoms with Gasteiger partial charge in [-0.2, -0.15) is 13.2 Å². The molecule has 7 nitrogen and oxygen atoms in total. The molecule has 1 fully saturated rings. The molecule has 0 aliphatic carbocycles. The van der Waals surface area contributed by atoms with Crippen molar-refractivity contribution in [2.45, 2.75) is 38.3 Å². The molecule has 0 saturated carbocycles. The van der Waals surface area contributed by atoms with E-state index in [1.807, 2.05) is 54.6 Å². The number of fused-ring (bicyclic) bond motifs is 7. The fraction of sp³-hybridized carbons (Fsp3) is 0.433. The van der Waals surface area contributed by atoms with Crippen molar-refractivity contribution >= 4 is 17.6 Å². The molecule has 1 atom stereocenters. The van der Waals surface area contributed by atoms with Crippen LogP contribution in [0.3, 0.4) is 0 Å². The van der Waals surface area contributed by atoms with Crippen LogP contribution in [0.5, 0.6) is 11.5 Å². The summed E-state index contributed by atoms with van der Waals surface area (Å²) in [6, 6.07) is 13.4. The van der Waals surface area contributed by atoms with Crippen LogP contribution in [-0.2, 0) is 6.54 Å². The SMILES string of the molecule is FC(F)(F)CN1C/C=C/CCOc2cccc(c2)C2=CC=NC(N2)Nc2ccc(OCCN3CCCC3)c(c2)C1. The normalized spacial score (nSPS) is 21.3. The van der Waals surface area contributed by atoms with Gasteiger partial charge in [-0.1, -0.05) is 24.3 Å². The fourth-order valence-electron chi connectivity index (χ4n) is 5.09. The fourth-order valence-corrected chi connectivity index (χ4v) is 5.09. The number of anilines is 1. The third-order valence-corrected chi connectivity index (χ3v) is 7.02. The van der Waals surface area contributed by atoms with Gasteiger partial charge in [-0.25, -0.2) is 4.99 Å². The van der Waals surface area contributed by atoms with Gasteiger partial charge < -0.3 is 20.1 Å². The summed E-state index contributed by atoms with van der Waals surface area (Å²) in [7, 11) is 0. The van der Waals surface area contributed by atoms with Crippen LogP contribution in [-0.4, -0.2) is 74.4 Å². The van der Waals surface area contributed by atoms with Crippen molar-refractivity contribution in [1.82, 2.24) is 15.1 Å². The van der Waals surface area contributed by atoms with E-state index in [2.05, 4.69) is 20.5 Å². The molecule has 0 spiro atoms. The second-order valence-corrected chi connectivity index (χ2v) is 10.2. The molecule has 5 rings (SSSR count). The molecule has 1 saturated heterocycles. The molecule has 6 bridgehead atoms. The number of likely N-dealkylation sites (tertiary alicyclic amines) is 1. The molecule has 3 aliphatic heterocycles. The van der Waals surface area contributed by atoms with Crippen molar-refractivity contribution in [2.24, 2.45) is 4.99 Å². The van der Waals surface area contributed by atoms with Crippen LogP contribution in [0.1, 0.15) is 30.4 Å². The summed E-state index contributed by atoms with van der Waals surface area (Å²) >= 11 is 0. The number of halogens is 3. The van der Waals surface area contributed by atoms with Crippen LogP contribution in [0.15, 0.2) is 65.7 Å². The Kier molecular flexibility index (Phi) is 9.28. The molecule has 3 heterocycles. The van der Waals surface area contributed by atoms with Crippen molar-refractivity contribution < 1.29 is 22.6 Å². The Bertz CT molecular complexity index is 1220. The van der Waals surface area contributed by atoms with Gasteiger partial charge in [0.05, 0.1) is 13.2 Å². The molecular weight excluding hydrogens is 519 g/mol. The van der Waals surface area contributed by atoms with E-state index in [0.29, 0.717) is 30.9 Å². The first-order chi connectivity index (χ1) is 19.4. The number of hydrogen-bond acceptors (Lipinski definition) is 7. The summed E-state index contributed by atoms with van der Waals surface area (Å²) < 4.78 is 52.6. The van der Waals surface area contributed by atoms with Gasteiger partial charge in [0.15, 0.2) is 6.29 Å². The maximum atomic E-state index is 13.5. The van der Waals surface area contributed by atoms with Crippen molar-refractivity contribution in [2.75, 3.05) is 51.3 Å². The predicted molar refractivity (Wildman–Crippen MR) is 152 cm³/mol. The minimum Gasteiger partial charge on any atom is -0.493 e. The summed E-state index contributed by atoms with van der Waals surface area (Å²) in [4.78, 5) is 8.23. The van der Waals surface area contributed by atoms with Crippen molar-refractivity contribution in [3.8, 4) is 11.5 Å². The predicted octanol–water partition coefficient (Wildman–Crippen LogP) is 5.27. The zero-order chi connectivity index (χ0) is 27.8. The highest BCUT2D eigenvalue weighted by Crippen LogP contribution is 2.28. The third kappa shape index (κ3) is 8.25. The first kappa shape index (κ1) is 28.0. The van der Waals surface area contributed by atoms with Crippen LogP contribution < -0.4 is 20.1 Å². The van der Waals surface area contributed by atoms with Gasteiger partial charge in [0.2, 0.25) is 0 Å². The topological polar surface area (TPSA) is 61.4 Å².